The fourth-order valence-corrected chi connectivity index (χ4v) is 5.01. The molecular weight excluding hydrogens is 490 g/mol. The van der Waals surface area contributed by atoms with Crippen LogP contribution in [0.5, 0.6) is 17.2 Å². The molecule has 1 atom stereocenters. The molecule has 7 nitrogen and oxygen atoms in total. The maximum Gasteiger partial charge on any atom is 0.295 e. The summed E-state index contributed by atoms with van der Waals surface area (Å²) in [5, 5.41) is 23.5. The maximum absolute atomic E-state index is 13.3. The number of hydrogen-bond donors (Lipinski definition) is 2. The number of aryl methyl sites for hydroxylation is 1. The van der Waals surface area contributed by atoms with Crippen molar-refractivity contribution in [2.45, 2.75) is 40.3 Å². The summed E-state index contributed by atoms with van der Waals surface area (Å²) in [7, 11) is 0. The van der Waals surface area contributed by atoms with E-state index in [4.69, 9.17) is 9.47 Å². The molecule has 0 saturated carbocycles. The van der Waals surface area contributed by atoms with E-state index in [1.807, 2.05) is 24.4 Å². The molecular formula is C29H31NO6S. The second kappa shape index (κ2) is 11.1. The van der Waals surface area contributed by atoms with Crippen molar-refractivity contribution in [3.63, 3.8) is 0 Å². The fourth-order valence-electron chi connectivity index (χ4n) is 4.30. The lowest BCUT2D eigenvalue weighted by Gasteiger charge is -2.25. The van der Waals surface area contributed by atoms with E-state index < -0.39 is 17.7 Å². The molecule has 2 heterocycles. The first kappa shape index (κ1) is 26.3. The van der Waals surface area contributed by atoms with E-state index in [1.54, 1.807) is 37.3 Å². The lowest BCUT2D eigenvalue weighted by atomic mass is 9.94. The van der Waals surface area contributed by atoms with Crippen LogP contribution in [0.15, 0.2) is 59.5 Å². The number of aliphatic hydroxyl groups is 1. The van der Waals surface area contributed by atoms with Crippen molar-refractivity contribution in [2.75, 3.05) is 13.2 Å². The standard InChI is InChI=1S/C29H31NO6S/c1-5-35-24-14-19(8-10-22(24)31)26-25(28(33)29(34)30(26)15-21-7-6-12-37-21)27(32)20-9-11-23(18(4)13-20)36-16-17(2)3/h6-14,17,26,31-32H,5,15-16H2,1-4H3/b27-25-. The number of aliphatic hydroxyl groups excluding tert-OH is 1. The Balaban J connectivity index is 1.82. The zero-order valence-electron chi connectivity index (χ0n) is 21.4. The highest BCUT2D eigenvalue weighted by Gasteiger charge is 2.46. The SMILES string of the molecule is CCOc1cc(C2/C(=C(/O)c3ccc(OCC(C)C)c(C)c3)C(=O)C(=O)N2Cc2cccs2)ccc1O. The molecule has 1 amide bonds. The van der Waals surface area contributed by atoms with E-state index in [-0.39, 0.29) is 29.4 Å². The molecule has 8 heteroatoms. The molecule has 0 spiro atoms. The van der Waals surface area contributed by atoms with Crippen molar-refractivity contribution in [1.29, 1.82) is 0 Å². The van der Waals surface area contributed by atoms with Gasteiger partial charge >= 0.3 is 0 Å². The summed E-state index contributed by atoms with van der Waals surface area (Å²) in [5.41, 5.74) is 1.76. The van der Waals surface area contributed by atoms with Crippen LogP contribution in [0.4, 0.5) is 0 Å². The number of rotatable bonds is 9. The van der Waals surface area contributed by atoms with E-state index in [9.17, 15) is 19.8 Å². The fraction of sp³-hybridized carbons (Fsp3) is 0.310. The third-order valence-electron chi connectivity index (χ3n) is 6.07. The van der Waals surface area contributed by atoms with Gasteiger partial charge in [0.15, 0.2) is 11.5 Å². The van der Waals surface area contributed by atoms with E-state index >= 15 is 0 Å². The predicted molar refractivity (Wildman–Crippen MR) is 143 cm³/mol. The highest BCUT2D eigenvalue weighted by atomic mass is 32.1. The number of phenolic OH excluding ortho intramolecular Hbond substituents is 1. The Morgan fingerprint density at radius 2 is 1.86 bits per heavy atom. The van der Waals surface area contributed by atoms with Crippen LogP contribution in [0.2, 0.25) is 0 Å². The van der Waals surface area contributed by atoms with E-state index in [0.29, 0.717) is 36.0 Å². The summed E-state index contributed by atoms with van der Waals surface area (Å²) in [4.78, 5) is 28.9. The Kier molecular flexibility index (Phi) is 7.88. The molecule has 37 heavy (non-hydrogen) atoms. The van der Waals surface area contributed by atoms with Gasteiger partial charge in [0, 0.05) is 10.4 Å². The van der Waals surface area contributed by atoms with Crippen molar-refractivity contribution in [2.24, 2.45) is 5.92 Å². The van der Waals surface area contributed by atoms with Gasteiger partial charge in [-0.1, -0.05) is 26.0 Å². The van der Waals surface area contributed by atoms with Crippen LogP contribution >= 0.6 is 11.3 Å². The number of hydrogen-bond acceptors (Lipinski definition) is 7. The van der Waals surface area contributed by atoms with Crippen LogP contribution in [0.25, 0.3) is 5.76 Å². The van der Waals surface area contributed by atoms with Gasteiger partial charge in [-0.05, 0) is 72.7 Å². The molecule has 2 aromatic carbocycles. The van der Waals surface area contributed by atoms with Crippen molar-refractivity contribution >= 4 is 28.8 Å². The third-order valence-corrected chi connectivity index (χ3v) is 6.93. The van der Waals surface area contributed by atoms with Crippen LogP contribution in [-0.2, 0) is 16.1 Å². The Morgan fingerprint density at radius 3 is 2.51 bits per heavy atom. The normalized spacial score (nSPS) is 17.0. The Morgan fingerprint density at radius 1 is 1.08 bits per heavy atom. The third kappa shape index (κ3) is 5.49. The summed E-state index contributed by atoms with van der Waals surface area (Å²) >= 11 is 1.48. The lowest BCUT2D eigenvalue weighted by Crippen LogP contribution is -2.28. The van der Waals surface area contributed by atoms with Gasteiger partial charge in [-0.15, -0.1) is 11.3 Å². The number of nitrogens with zero attached hydrogens (tertiary/aromatic N) is 1. The van der Waals surface area contributed by atoms with Gasteiger partial charge in [-0.25, -0.2) is 0 Å². The van der Waals surface area contributed by atoms with Crippen molar-refractivity contribution < 1.29 is 29.3 Å². The minimum absolute atomic E-state index is 0.00931. The van der Waals surface area contributed by atoms with E-state index in [2.05, 4.69) is 13.8 Å². The van der Waals surface area contributed by atoms with Crippen LogP contribution in [0, 0.1) is 12.8 Å². The lowest BCUT2D eigenvalue weighted by molar-refractivity contribution is -0.140. The smallest absolute Gasteiger partial charge is 0.295 e. The predicted octanol–water partition coefficient (Wildman–Crippen LogP) is 5.82. The number of ether oxygens (including phenoxy) is 2. The van der Waals surface area contributed by atoms with Gasteiger partial charge in [-0.3, -0.25) is 9.59 Å². The zero-order chi connectivity index (χ0) is 26.7. The average molecular weight is 522 g/mol. The van der Waals surface area contributed by atoms with Gasteiger partial charge < -0.3 is 24.6 Å². The number of carbonyl (C=O) groups is 2. The number of benzene rings is 2. The molecule has 0 bridgehead atoms. The molecule has 194 valence electrons. The maximum atomic E-state index is 13.3. The molecule has 1 unspecified atom stereocenters. The number of thiophene rings is 1. The summed E-state index contributed by atoms with van der Waals surface area (Å²) in [5.74, 6) is -0.472. The molecule has 1 saturated heterocycles. The topological polar surface area (TPSA) is 96.3 Å². The monoisotopic (exact) mass is 521 g/mol. The van der Waals surface area contributed by atoms with Crippen LogP contribution in [-0.4, -0.2) is 40.0 Å². The molecule has 0 radical (unpaired) electrons. The molecule has 0 aliphatic carbocycles. The van der Waals surface area contributed by atoms with Gasteiger partial charge in [0.2, 0.25) is 0 Å². The average Bonchev–Trinajstić information content (AvgIpc) is 3.47. The number of phenols is 1. The van der Waals surface area contributed by atoms with Gasteiger partial charge in [0.1, 0.15) is 11.5 Å². The summed E-state index contributed by atoms with van der Waals surface area (Å²) in [6.45, 7) is 8.88. The summed E-state index contributed by atoms with van der Waals surface area (Å²) in [6, 6.07) is 12.8. The molecule has 3 aromatic rings. The van der Waals surface area contributed by atoms with Crippen LogP contribution in [0.1, 0.15) is 48.4 Å². The van der Waals surface area contributed by atoms with Crippen molar-refractivity contribution in [3.05, 3.63) is 81.1 Å². The number of ketones is 1. The molecule has 4 rings (SSSR count). The summed E-state index contributed by atoms with van der Waals surface area (Å²) < 4.78 is 11.4. The van der Waals surface area contributed by atoms with Crippen LogP contribution < -0.4 is 9.47 Å². The summed E-state index contributed by atoms with van der Waals surface area (Å²) in [6.07, 6.45) is 0. The Bertz CT molecular complexity index is 1330. The molecule has 1 aliphatic rings. The molecule has 1 fully saturated rings. The highest BCUT2D eigenvalue weighted by Crippen LogP contribution is 2.43. The van der Waals surface area contributed by atoms with E-state index in [1.165, 1.54) is 22.3 Å². The van der Waals surface area contributed by atoms with Crippen molar-refractivity contribution in [1.82, 2.24) is 4.90 Å². The molecule has 2 N–H and O–H groups in total. The number of amides is 1. The Hall–Kier alpha value is -3.78. The first-order valence-corrected chi connectivity index (χ1v) is 13.1. The first-order valence-electron chi connectivity index (χ1n) is 12.2. The first-order chi connectivity index (χ1) is 17.7. The molecule has 1 aromatic heterocycles. The minimum Gasteiger partial charge on any atom is -0.507 e. The van der Waals surface area contributed by atoms with Gasteiger partial charge in [-0.2, -0.15) is 0 Å². The largest absolute Gasteiger partial charge is 0.507 e. The van der Waals surface area contributed by atoms with Gasteiger partial charge in [0.25, 0.3) is 11.7 Å². The quantitative estimate of drug-likeness (QED) is 0.209. The molecule has 1 aliphatic heterocycles. The van der Waals surface area contributed by atoms with E-state index in [0.717, 1.165) is 10.4 Å². The number of aromatic hydroxyl groups is 1. The highest BCUT2D eigenvalue weighted by molar-refractivity contribution is 7.09. The number of likely N-dealkylation sites (tertiary alicyclic amines) is 1. The number of Topliss-reactive ketones (excluding diaryl/α,β-unsaturated/α-hetero) is 1. The second-order valence-electron chi connectivity index (χ2n) is 9.35. The minimum atomic E-state index is -0.862. The van der Waals surface area contributed by atoms with Gasteiger partial charge in [0.05, 0.1) is 31.4 Å². The van der Waals surface area contributed by atoms with Crippen LogP contribution in [0.3, 0.4) is 0 Å². The second-order valence-corrected chi connectivity index (χ2v) is 10.4. The zero-order valence-corrected chi connectivity index (χ0v) is 22.2. The van der Waals surface area contributed by atoms with Crippen molar-refractivity contribution in [3.8, 4) is 17.2 Å². The Labute approximate surface area is 220 Å². The number of carbonyl (C=O) groups excluding carboxylic acids is 2.